The Kier molecular flexibility index (Phi) is 5.06. The Morgan fingerprint density at radius 3 is 2.55 bits per heavy atom. The van der Waals surface area contributed by atoms with Crippen molar-refractivity contribution in [2.75, 3.05) is 13.2 Å². The van der Waals surface area contributed by atoms with Crippen LogP contribution in [0.25, 0.3) is 0 Å². The van der Waals surface area contributed by atoms with Gasteiger partial charge in [0, 0.05) is 12.6 Å². The summed E-state index contributed by atoms with van der Waals surface area (Å²) in [7, 11) is 0. The monoisotopic (exact) mass is 305 g/mol. The van der Waals surface area contributed by atoms with Crippen LogP contribution in [0.5, 0.6) is 5.75 Å². The number of ether oxygens (including phenoxy) is 1. The van der Waals surface area contributed by atoms with Crippen molar-refractivity contribution in [2.45, 2.75) is 39.7 Å². The molecule has 0 bridgehead atoms. The largest absolute Gasteiger partial charge is 0.483 e. The zero-order valence-corrected chi connectivity index (χ0v) is 13.3. The lowest BCUT2D eigenvalue weighted by Crippen LogP contribution is -2.50. The van der Waals surface area contributed by atoms with Crippen LogP contribution in [0.15, 0.2) is 18.2 Å². The van der Waals surface area contributed by atoms with E-state index < -0.39 is 11.9 Å². The van der Waals surface area contributed by atoms with Crippen molar-refractivity contribution in [1.29, 1.82) is 0 Å². The molecule has 1 fully saturated rings. The maximum Gasteiger partial charge on any atom is 0.308 e. The molecule has 1 N–H and O–H groups in total. The van der Waals surface area contributed by atoms with E-state index in [4.69, 9.17) is 4.74 Å². The highest BCUT2D eigenvalue weighted by Gasteiger charge is 2.35. The number of likely N-dealkylation sites (tertiary alicyclic amines) is 1. The van der Waals surface area contributed by atoms with Crippen molar-refractivity contribution in [3.05, 3.63) is 29.3 Å². The zero-order valence-electron chi connectivity index (χ0n) is 13.3. The first kappa shape index (κ1) is 16.3. The van der Waals surface area contributed by atoms with E-state index in [1.165, 1.54) is 0 Å². The quantitative estimate of drug-likeness (QED) is 0.927. The lowest BCUT2D eigenvalue weighted by molar-refractivity contribution is -0.149. The van der Waals surface area contributed by atoms with Gasteiger partial charge < -0.3 is 14.7 Å². The van der Waals surface area contributed by atoms with Crippen molar-refractivity contribution in [3.63, 3.8) is 0 Å². The molecule has 5 heteroatoms. The Bertz CT molecular complexity index is 550. The number of hydrogen-bond donors (Lipinski definition) is 1. The van der Waals surface area contributed by atoms with E-state index in [2.05, 4.69) is 0 Å². The molecular weight excluding hydrogens is 282 g/mol. The van der Waals surface area contributed by atoms with Gasteiger partial charge in [-0.3, -0.25) is 9.59 Å². The standard InChI is InChI=1S/C17H23NO4/c1-11-6-4-7-12(2)16(11)22-10-15(19)18-9-5-8-14(13(18)3)17(20)21/h4,6-7,13-14H,5,8-10H2,1-3H3,(H,20,21)/t13-,14-/m1/s1. The smallest absolute Gasteiger partial charge is 0.308 e. The summed E-state index contributed by atoms with van der Waals surface area (Å²) in [5.41, 5.74) is 1.98. The fraction of sp³-hybridized carbons (Fsp3) is 0.529. The van der Waals surface area contributed by atoms with Gasteiger partial charge in [0.2, 0.25) is 0 Å². The Labute approximate surface area is 130 Å². The maximum atomic E-state index is 12.4. The molecule has 1 saturated heterocycles. The summed E-state index contributed by atoms with van der Waals surface area (Å²) >= 11 is 0. The average Bonchev–Trinajstić information content (AvgIpc) is 2.46. The van der Waals surface area contributed by atoms with Crippen LogP contribution in [0.2, 0.25) is 0 Å². The zero-order chi connectivity index (χ0) is 16.3. The number of nitrogens with zero attached hydrogens (tertiary/aromatic N) is 1. The van der Waals surface area contributed by atoms with Gasteiger partial charge in [-0.15, -0.1) is 0 Å². The van der Waals surface area contributed by atoms with Gasteiger partial charge in [-0.1, -0.05) is 18.2 Å². The van der Waals surface area contributed by atoms with E-state index in [0.717, 1.165) is 23.3 Å². The van der Waals surface area contributed by atoms with Crippen molar-refractivity contribution in [1.82, 2.24) is 4.90 Å². The van der Waals surface area contributed by atoms with Crippen LogP contribution in [-0.4, -0.2) is 41.1 Å². The van der Waals surface area contributed by atoms with Crippen LogP contribution >= 0.6 is 0 Å². The molecule has 2 atom stereocenters. The number of carboxylic acid groups (broad SMARTS) is 1. The van der Waals surface area contributed by atoms with Crippen LogP contribution < -0.4 is 4.74 Å². The first-order chi connectivity index (χ1) is 10.4. The Hall–Kier alpha value is -2.04. The first-order valence-electron chi connectivity index (χ1n) is 7.63. The van der Waals surface area contributed by atoms with E-state index in [1.807, 2.05) is 32.0 Å². The average molecular weight is 305 g/mol. The molecule has 0 unspecified atom stereocenters. The lowest BCUT2D eigenvalue weighted by Gasteiger charge is -2.37. The van der Waals surface area contributed by atoms with E-state index in [9.17, 15) is 14.7 Å². The van der Waals surface area contributed by atoms with Gasteiger partial charge >= 0.3 is 5.97 Å². The molecule has 120 valence electrons. The molecule has 1 aromatic carbocycles. The molecule has 0 aliphatic carbocycles. The van der Waals surface area contributed by atoms with Crippen LogP contribution in [0, 0.1) is 19.8 Å². The summed E-state index contributed by atoms with van der Waals surface area (Å²) in [6.07, 6.45) is 1.34. The number of hydrogen-bond acceptors (Lipinski definition) is 3. The van der Waals surface area contributed by atoms with Crippen LogP contribution in [0.4, 0.5) is 0 Å². The Morgan fingerprint density at radius 2 is 1.95 bits per heavy atom. The molecule has 22 heavy (non-hydrogen) atoms. The van der Waals surface area contributed by atoms with Crippen molar-refractivity contribution in [3.8, 4) is 5.75 Å². The summed E-state index contributed by atoms with van der Waals surface area (Å²) < 4.78 is 5.69. The van der Waals surface area contributed by atoms with Gasteiger partial charge in [0.05, 0.1) is 5.92 Å². The van der Waals surface area contributed by atoms with E-state index in [0.29, 0.717) is 13.0 Å². The second-order valence-electron chi connectivity index (χ2n) is 5.92. The molecule has 0 radical (unpaired) electrons. The molecule has 0 aromatic heterocycles. The number of carbonyl (C=O) groups is 2. The van der Waals surface area contributed by atoms with Gasteiger partial charge in [-0.05, 0) is 44.7 Å². The minimum absolute atomic E-state index is 0.0532. The van der Waals surface area contributed by atoms with Crippen LogP contribution in [0.1, 0.15) is 30.9 Å². The molecule has 1 aromatic rings. The van der Waals surface area contributed by atoms with Crippen molar-refractivity contribution in [2.24, 2.45) is 5.92 Å². The van der Waals surface area contributed by atoms with Gasteiger partial charge in [-0.25, -0.2) is 0 Å². The Balaban J connectivity index is 2.01. The molecule has 1 aliphatic heterocycles. The third-order valence-electron chi connectivity index (χ3n) is 4.37. The molecule has 0 saturated carbocycles. The highest BCUT2D eigenvalue weighted by molar-refractivity contribution is 5.80. The molecular formula is C17H23NO4. The normalized spacial score (nSPS) is 21.5. The highest BCUT2D eigenvalue weighted by Crippen LogP contribution is 2.25. The summed E-state index contributed by atoms with van der Waals surface area (Å²) in [4.78, 5) is 25.2. The fourth-order valence-electron chi connectivity index (χ4n) is 3.07. The number of carboxylic acids is 1. The molecule has 1 aliphatic rings. The SMILES string of the molecule is Cc1cccc(C)c1OCC(=O)N1CCC[C@@H](C(=O)O)[C@H]1C. The molecule has 1 heterocycles. The van der Waals surface area contributed by atoms with Gasteiger partial charge in [-0.2, -0.15) is 0 Å². The number of para-hydroxylation sites is 1. The maximum absolute atomic E-state index is 12.4. The number of aliphatic carboxylic acids is 1. The second-order valence-corrected chi connectivity index (χ2v) is 5.92. The first-order valence-corrected chi connectivity index (χ1v) is 7.63. The fourth-order valence-corrected chi connectivity index (χ4v) is 3.07. The predicted molar refractivity (Wildman–Crippen MR) is 82.9 cm³/mol. The number of piperidine rings is 1. The van der Waals surface area contributed by atoms with Crippen molar-refractivity contribution < 1.29 is 19.4 Å². The van der Waals surface area contributed by atoms with Crippen molar-refractivity contribution >= 4 is 11.9 Å². The summed E-state index contributed by atoms with van der Waals surface area (Å²) in [5.74, 6) is -0.741. The summed E-state index contributed by atoms with van der Waals surface area (Å²) in [6, 6.07) is 5.54. The number of benzene rings is 1. The second kappa shape index (κ2) is 6.81. The molecule has 1 amide bonds. The minimum atomic E-state index is -0.833. The minimum Gasteiger partial charge on any atom is -0.483 e. The van der Waals surface area contributed by atoms with Crippen LogP contribution in [0.3, 0.4) is 0 Å². The summed E-state index contributed by atoms with van der Waals surface area (Å²) in [5, 5.41) is 9.22. The predicted octanol–water partition coefficient (Wildman–Crippen LogP) is 2.39. The van der Waals surface area contributed by atoms with Gasteiger partial charge in [0.15, 0.2) is 6.61 Å². The topological polar surface area (TPSA) is 66.8 Å². The number of carbonyl (C=O) groups excluding carboxylic acids is 1. The summed E-state index contributed by atoms with van der Waals surface area (Å²) in [6.45, 7) is 6.23. The number of aryl methyl sites for hydroxylation is 2. The van der Waals surface area contributed by atoms with Gasteiger partial charge in [0.25, 0.3) is 5.91 Å². The van der Waals surface area contributed by atoms with E-state index in [1.54, 1.807) is 11.8 Å². The lowest BCUT2D eigenvalue weighted by atomic mass is 9.90. The van der Waals surface area contributed by atoms with E-state index >= 15 is 0 Å². The number of amides is 1. The highest BCUT2D eigenvalue weighted by atomic mass is 16.5. The molecule has 5 nitrogen and oxygen atoms in total. The number of rotatable bonds is 4. The molecule has 0 spiro atoms. The Morgan fingerprint density at radius 1 is 1.32 bits per heavy atom. The van der Waals surface area contributed by atoms with E-state index in [-0.39, 0.29) is 18.6 Å². The molecule has 2 rings (SSSR count). The van der Waals surface area contributed by atoms with Crippen LogP contribution in [-0.2, 0) is 9.59 Å². The third kappa shape index (κ3) is 3.40. The van der Waals surface area contributed by atoms with Gasteiger partial charge in [0.1, 0.15) is 5.75 Å². The third-order valence-corrected chi connectivity index (χ3v) is 4.37.